The molecule has 0 aromatic rings. The lowest BCUT2D eigenvalue weighted by Crippen LogP contribution is -2.59. The molecule has 0 aromatic carbocycles. The molecule has 0 aromatic heterocycles. The minimum Gasteiger partial charge on any atom is -0.375 e. The van der Waals surface area contributed by atoms with Gasteiger partial charge in [0, 0.05) is 6.54 Å². The number of ether oxygens (including phenoxy) is 1. The van der Waals surface area contributed by atoms with Crippen LogP contribution in [-0.2, 0) is 23.9 Å². The molecule has 8 atom stereocenters. The molecule has 4 bridgehead atoms. The summed E-state index contributed by atoms with van der Waals surface area (Å²) in [5, 5.41) is 16.1. The fourth-order valence-electron chi connectivity index (χ4n) is 10.4. The summed E-state index contributed by atoms with van der Waals surface area (Å²) in [7, 11) is 0. The van der Waals surface area contributed by atoms with E-state index in [0.29, 0.717) is 43.6 Å². The van der Waals surface area contributed by atoms with Crippen LogP contribution in [0.5, 0.6) is 0 Å². The first-order valence-electron chi connectivity index (χ1n) is 21.5. The van der Waals surface area contributed by atoms with Crippen molar-refractivity contribution in [3.05, 3.63) is 0 Å². The van der Waals surface area contributed by atoms with Crippen molar-refractivity contribution in [1.29, 1.82) is 0 Å². The number of hydrogen-bond acceptors (Lipinski definition) is 6. The van der Waals surface area contributed by atoms with Gasteiger partial charge in [0.2, 0.25) is 23.6 Å². The quantitative estimate of drug-likeness (QED) is 0.224. The molecule has 4 amide bonds. The fourth-order valence-corrected chi connectivity index (χ4v) is 10.4. The number of carbonyl (C=O) groups excluding carboxylic acids is 4. The SMILES string of the molecule is O=C(N[C@H]1CC2CCCC(C2)OC2CCCC(C2)C[C@@H](C(=O)NCC2CCCCC2)NC(=O)[C@H](CCC2CCCCC2)NC1=O)C1CCCCN1. The molecule has 6 aliphatic rings. The Morgan fingerprint density at radius 2 is 1.24 bits per heavy atom. The maximum atomic E-state index is 14.3. The van der Waals surface area contributed by atoms with E-state index in [4.69, 9.17) is 4.74 Å². The van der Waals surface area contributed by atoms with Crippen molar-refractivity contribution in [2.75, 3.05) is 13.1 Å². The van der Waals surface area contributed by atoms with Gasteiger partial charge in [0.05, 0.1) is 18.2 Å². The molecule has 5 unspecified atom stereocenters. The van der Waals surface area contributed by atoms with E-state index in [1.807, 2.05) is 0 Å². The van der Waals surface area contributed by atoms with Gasteiger partial charge in [-0.2, -0.15) is 0 Å². The summed E-state index contributed by atoms with van der Waals surface area (Å²) in [4.78, 5) is 56.1. The lowest BCUT2D eigenvalue weighted by atomic mass is 9.81. The zero-order valence-corrected chi connectivity index (χ0v) is 31.4. The standard InChI is InChI=1S/C41H69N5O5/c47-38(43-27-29-13-5-2-6-14-29)36-25-30-15-9-17-32(23-30)51-33-18-10-16-31(24-33)26-37(46-39(48)34-19-7-8-22-42-34)41(50)44-35(40(49)45-36)21-20-28-11-3-1-4-12-28/h28-37,42H,1-27H2,(H,43,47)(H,44,50)(H,45,49)(H,46,48)/t30?,31?,32?,33?,34?,35-,36-,37-/m0/s1. The highest BCUT2D eigenvalue weighted by Gasteiger charge is 2.37. The molecule has 6 rings (SSSR count). The Balaban J connectivity index is 1.23. The highest BCUT2D eigenvalue weighted by molar-refractivity contribution is 5.94. The van der Waals surface area contributed by atoms with E-state index < -0.39 is 18.1 Å². The summed E-state index contributed by atoms with van der Waals surface area (Å²) in [6.45, 7) is 1.46. The second kappa shape index (κ2) is 19.8. The van der Waals surface area contributed by atoms with Gasteiger partial charge in [0.15, 0.2) is 0 Å². The van der Waals surface area contributed by atoms with E-state index in [-0.39, 0.29) is 47.8 Å². The average molecular weight is 712 g/mol. The molecule has 6 fully saturated rings. The molecule has 288 valence electrons. The molecule has 51 heavy (non-hydrogen) atoms. The van der Waals surface area contributed by atoms with Gasteiger partial charge in [0.1, 0.15) is 18.1 Å². The van der Waals surface area contributed by atoms with Crippen molar-refractivity contribution < 1.29 is 23.9 Å². The van der Waals surface area contributed by atoms with E-state index >= 15 is 0 Å². The smallest absolute Gasteiger partial charge is 0.243 e. The van der Waals surface area contributed by atoms with Gasteiger partial charge in [0.25, 0.3) is 0 Å². The molecule has 5 N–H and O–H groups in total. The Bertz CT molecular complexity index is 1130. The summed E-state index contributed by atoms with van der Waals surface area (Å²) >= 11 is 0. The van der Waals surface area contributed by atoms with E-state index in [9.17, 15) is 19.2 Å². The van der Waals surface area contributed by atoms with Crippen LogP contribution in [0.1, 0.15) is 161 Å². The van der Waals surface area contributed by atoms with Gasteiger partial charge in [-0.05, 0) is 107 Å². The van der Waals surface area contributed by atoms with Crippen molar-refractivity contribution in [2.24, 2.45) is 23.7 Å². The Morgan fingerprint density at radius 1 is 0.588 bits per heavy atom. The Hall–Kier alpha value is -2.20. The molecule has 2 saturated heterocycles. The third kappa shape index (κ3) is 11.9. The van der Waals surface area contributed by atoms with Crippen LogP contribution in [0.15, 0.2) is 0 Å². The average Bonchev–Trinajstić information content (AvgIpc) is 3.16. The topological polar surface area (TPSA) is 138 Å². The highest BCUT2D eigenvalue weighted by atomic mass is 16.5. The van der Waals surface area contributed by atoms with Crippen LogP contribution in [0.4, 0.5) is 0 Å². The molecular weight excluding hydrogens is 642 g/mol. The fraction of sp³-hybridized carbons (Fsp3) is 0.902. The van der Waals surface area contributed by atoms with Crippen molar-refractivity contribution in [3.8, 4) is 0 Å². The van der Waals surface area contributed by atoms with Crippen LogP contribution in [0.25, 0.3) is 0 Å². The molecule has 4 saturated carbocycles. The summed E-state index contributed by atoms with van der Waals surface area (Å²) < 4.78 is 6.80. The zero-order chi connectivity index (χ0) is 35.4. The van der Waals surface area contributed by atoms with Gasteiger partial charge >= 0.3 is 0 Å². The molecule has 4 aliphatic carbocycles. The minimum atomic E-state index is -0.755. The van der Waals surface area contributed by atoms with Crippen molar-refractivity contribution in [1.82, 2.24) is 26.6 Å². The van der Waals surface area contributed by atoms with Crippen LogP contribution in [-0.4, -0.2) is 73.1 Å². The first-order valence-corrected chi connectivity index (χ1v) is 21.5. The number of rotatable bonds is 8. The number of nitrogens with one attached hydrogen (secondary N) is 5. The van der Waals surface area contributed by atoms with Crippen molar-refractivity contribution in [2.45, 2.75) is 197 Å². The normalized spacial score (nSPS) is 35.2. The maximum Gasteiger partial charge on any atom is 0.243 e. The summed E-state index contributed by atoms with van der Waals surface area (Å²) in [6.07, 6.45) is 25.7. The van der Waals surface area contributed by atoms with Crippen molar-refractivity contribution >= 4 is 23.6 Å². The van der Waals surface area contributed by atoms with Crippen LogP contribution >= 0.6 is 0 Å². The lowest BCUT2D eigenvalue weighted by Gasteiger charge is -2.38. The summed E-state index contributed by atoms with van der Waals surface area (Å²) in [5.74, 6) is 0.815. The number of fused-ring (bicyclic) bond motifs is 4. The van der Waals surface area contributed by atoms with Crippen molar-refractivity contribution in [3.63, 3.8) is 0 Å². The highest BCUT2D eigenvalue weighted by Crippen LogP contribution is 2.36. The zero-order valence-electron chi connectivity index (χ0n) is 31.4. The molecule has 0 radical (unpaired) electrons. The Labute approximate surface area is 307 Å². The van der Waals surface area contributed by atoms with Crippen LogP contribution in [0, 0.1) is 23.7 Å². The van der Waals surface area contributed by atoms with E-state index in [1.165, 1.54) is 38.5 Å². The monoisotopic (exact) mass is 712 g/mol. The molecular formula is C41H69N5O5. The minimum absolute atomic E-state index is 0.101. The van der Waals surface area contributed by atoms with Gasteiger partial charge < -0.3 is 31.3 Å². The van der Waals surface area contributed by atoms with E-state index in [1.54, 1.807) is 0 Å². The van der Waals surface area contributed by atoms with Crippen LogP contribution in [0.3, 0.4) is 0 Å². The molecule has 10 heteroatoms. The second-order valence-electron chi connectivity index (χ2n) is 17.4. The molecule has 0 spiro atoms. The first-order chi connectivity index (χ1) is 24.9. The Kier molecular flexibility index (Phi) is 14.9. The predicted molar refractivity (Wildman–Crippen MR) is 199 cm³/mol. The molecule has 10 nitrogen and oxygen atoms in total. The lowest BCUT2D eigenvalue weighted by molar-refractivity contribution is -0.135. The summed E-state index contributed by atoms with van der Waals surface area (Å²) in [5.41, 5.74) is 0. The number of piperidine rings is 1. The maximum absolute atomic E-state index is 14.3. The van der Waals surface area contributed by atoms with Gasteiger partial charge in [-0.15, -0.1) is 0 Å². The van der Waals surface area contributed by atoms with E-state index in [2.05, 4.69) is 26.6 Å². The largest absolute Gasteiger partial charge is 0.375 e. The van der Waals surface area contributed by atoms with Gasteiger partial charge in [-0.1, -0.05) is 83.5 Å². The van der Waals surface area contributed by atoms with Gasteiger partial charge in [-0.25, -0.2) is 0 Å². The molecule has 2 heterocycles. The Morgan fingerprint density at radius 3 is 1.90 bits per heavy atom. The summed E-state index contributed by atoms with van der Waals surface area (Å²) in [6, 6.07) is -2.43. The number of carbonyl (C=O) groups is 4. The second-order valence-corrected chi connectivity index (χ2v) is 17.4. The van der Waals surface area contributed by atoms with Gasteiger partial charge in [-0.3, -0.25) is 19.2 Å². The third-order valence-corrected chi connectivity index (χ3v) is 13.4. The number of amides is 4. The molecule has 2 aliphatic heterocycles. The van der Waals surface area contributed by atoms with Crippen LogP contribution < -0.4 is 26.6 Å². The number of hydrogen-bond donors (Lipinski definition) is 5. The third-order valence-electron chi connectivity index (χ3n) is 13.4. The van der Waals surface area contributed by atoms with Crippen LogP contribution in [0.2, 0.25) is 0 Å². The first kappa shape index (κ1) is 38.5. The predicted octanol–water partition coefficient (Wildman–Crippen LogP) is 5.57. The van der Waals surface area contributed by atoms with E-state index in [0.717, 1.165) is 109 Å².